The van der Waals surface area contributed by atoms with E-state index in [1.807, 2.05) is 12.1 Å². The highest BCUT2D eigenvalue weighted by atomic mass is 16.5. The molecule has 15 heavy (non-hydrogen) atoms. The molecule has 0 aromatic carbocycles. The Morgan fingerprint density at radius 3 is 2.73 bits per heavy atom. The molecule has 0 saturated heterocycles. The molecule has 2 aromatic heterocycles. The molecule has 0 aliphatic carbocycles. The summed E-state index contributed by atoms with van der Waals surface area (Å²) in [6.07, 6.45) is 3.12. The molecule has 2 aromatic rings. The highest BCUT2D eigenvalue weighted by molar-refractivity contribution is 5.66. The number of pyridine rings is 1. The van der Waals surface area contributed by atoms with Gasteiger partial charge >= 0.3 is 0 Å². The molecule has 2 rings (SSSR count). The number of hydrogen-bond donors (Lipinski definition) is 1. The van der Waals surface area contributed by atoms with Crippen molar-refractivity contribution in [2.75, 3.05) is 12.8 Å². The predicted octanol–water partition coefficient (Wildman–Crippen LogP) is 1.13. The maximum Gasteiger partial charge on any atom is 0.213 e. The van der Waals surface area contributed by atoms with E-state index in [4.69, 9.17) is 10.5 Å². The topological polar surface area (TPSA) is 73.9 Å². The highest BCUT2D eigenvalue weighted by Crippen LogP contribution is 2.20. The summed E-state index contributed by atoms with van der Waals surface area (Å²) in [5.41, 5.74) is 6.91. The molecule has 2 heterocycles. The Hall–Kier alpha value is -2.17. The zero-order valence-corrected chi connectivity index (χ0v) is 8.21. The molecule has 5 nitrogen and oxygen atoms in total. The van der Waals surface area contributed by atoms with Crippen LogP contribution in [0, 0.1) is 0 Å². The van der Waals surface area contributed by atoms with E-state index in [0.717, 1.165) is 0 Å². The molecule has 0 unspecified atom stereocenters. The second-order valence-corrected chi connectivity index (χ2v) is 2.86. The van der Waals surface area contributed by atoms with Crippen LogP contribution in [-0.2, 0) is 0 Å². The van der Waals surface area contributed by atoms with Gasteiger partial charge < -0.3 is 10.5 Å². The van der Waals surface area contributed by atoms with E-state index in [9.17, 15) is 0 Å². The molecule has 0 fully saturated rings. The lowest BCUT2D eigenvalue weighted by molar-refractivity contribution is 0.398. The van der Waals surface area contributed by atoms with Crippen molar-refractivity contribution in [3.8, 4) is 17.3 Å². The Morgan fingerprint density at radius 2 is 2.00 bits per heavy atom. The van der Waals surface area contributed by atoms with Crippen molar-refractivity contribution in [3.05, 3.63) is 30.6 Å². The number of anilines is 1. The molecule has 2 N–H and O–H groups in total. The average molecular weight is 202 g/mol. The van der Waals surface area contributed by atoms with Gasteiger partial charge in [-0.15, -0.1) is 0 Å². The summed E-state index contributed by atoms with van der Waals surface area (Å²) < 4.78 is 5.02. The minimum absolute atomic E-state index is 0.359. The zero-order chi connectivity index (χ0) is 10.7. The first-order valence-electron chi connectivity index (χ1n) is 4.39. The van der Waals surface area contributed by atoms with E-state index in [2.05, 4.69) is 15.0 Å². The van der Waals surface area contributed by atoms with Crippen molar-refractivity contribution in [2.24, 2.45) is 0 Å². The molecular weight excluding hydrogens is 192 g/mol. The van der Waals surface area contributed by atoms with Gasteiger partial charge in [-0.05, 0) is 6.07 Å². The van der Waals surface area contributed by atoms with Gasteiger partial charge in [0, 0.05) is 18.5 Å². The van der Waals surface area contributed by atoms with E-state index in [1.54, 1.807) is 25.6 Å². The maximum absolute atomic E-state index is 5.69. The van der Waals surface area contributed by atoms with Crippen LogP contribution < -0.4 is 10.5 Å². The fraction of sp³-hybridized carbons (Fsp3) is 0.100. The summed E-state index contributed by atoms with van der Waals surface area (Å²) in [7, 11) is 1.56. The summed E-state index contributed by atoms with van der Waals surface area (Å²) in [5, 5.41) is 0. The SMILES string of the molecule is COc1cccc(-c2nccnc2N)n1. The van der Waals surface area contributed by atoms with Gasteiger partial charge in [0.15, 0.2) is 5.82 Å². The van der Waals surface area contributed by atoms with Crippen molar-refractivity contribution in [1.82, 2.24) is 15.0 Å². The molecule has 76 valence electrons. The van der Waals surface area contributed by atoms with Gasteiger partial charge in [-0.1, -0.05) is 6.07 Å². The first kappa shape index (κ1) is 9.39. The summed E-state index contributed by atoms with van der Waals surface area (Å²) in [5.74, 6) is 0.885. The van der Waals surface area contributed by atoms with Gasteiger partial charge in [-0.3, -0.25) is 0 Å². The van der Waals surface area contributed by atoms with Gasteiger partial charge in [-0.25, -0.2) is 15.0 Å². The maximum atomic E-state index is 5.69. The van der Waals surface area contributed by atoms with Crippen molar-refractivity contribution in [1.29, 1.82) is 0 Å². The molecule has 0 aliphatic rings. The molecule has 0 spiro atoms. The lowest BCUT2D eigenvalue weighted by Crippen LogP contribution is -1.98. The molecule has 0 aliphatic heterocycles. The molecule has 0 bridgehead atoms. The van der Waals surface area contributed by atoms with Gasteiger partial charge in [0.05, 0.1) is 12.8 Å². The van der Waals surface area contributed by atoms with Crippen molar-refractivity contribution < 1.29 is 4.74 Å². The number of aromatic nitrogens is 3. The average Bonchev–Trinajstić information content (AvgIpc) is 2.30. The molecule has 0 radical (unpaired) electrons. The fourth-order valence-corrected chi connectivity index (χ4v) is 1.21. The summed E-state index contributed by atoms with van der Waals surface area (Å²) in [6, 6.07) is 5.40. The standard InChI is InChI=1S/C10H10N4O/c1-15-8-4-2-3-7(14-8)9-10(11)13-6-5-12-9/h2-6H,1H3,(H2,11,13). The first-order valence-corrected chi connectivity index (χ1v) is 4.39. The zero-order valence-electron chi connectivity index (χ0n) is 8.21. The van der Waals surface area contributed by atoms with E-state index < -0.39 is 0 Å². The monoisotopic (exact) mass is 202 g/mol. The molecule has 5 heteroatoms. The number of nitrogens with zero attached hydrogens (tertiary/aromatic N) is 3. The van der Waals surface area contributed by atoms with Crippen LogP contribution in [-0.4, -0.2) is 22.1 Å². The number of nitrogens with two attached hydrogens (primary N) is 1. The fourth-order valence-electron chi connectivity index (χ4n) is 1.21. The van der Waals surface area contributed by atoms with Crippen LogP contribution >= 0.6 is 0 Å². The van der Waals surface area contributed by atoms with Crippen molar-refractivity contribution in [3.63, 3.8) is 0 Å². The van der Waals surface area contributed by atoms with Gasteiger partial charge in [0.25, 0.3) is 0 Å². The van der Waals surface area contributed by atoms with E-state index >= 15 is 0 Å². The minimum Gasteiger partial charge on any atom is -0.481 e. The van der Waals surface area contributed by atoms with Crippen LogP contribution in [0.4, 0.5) is 5.82 Å². The summed E-state index contributed by atoms with van der Waals surface area (Å²) in [4.78, 5) is 12.3. The minimum atomic E-state index is 0.359. The third kappa shape index (κ3) is 1.85. The first-order chi connectivity index (χ1) is 7.31. The van der Waals surface area contributed by atoms with Gasteiger partial charge in [0.2, 0.25) is 5.88 Å². The third-order valence-corrected chi connectivity index (χ3v) is 1.90. The normalized spacial score (nSPS) is 9.93. The Morgan fingerprint density at radius 1 is 1.20 bits per heavy atom. The van der Waals surface area contributed by atoms with Crippen molar-refractivity contribution >= 4 is 5.82 Å². The molecule has 0 atom stereocenters. The third-order valence-electron chi connectivity index (χ3n) is 1.90. The Kier molecular flexibility index (Phi) is 2.45. The van der Waals surface area contributed by atoms with Crippen LogP contribution in [0.1, 0.15) is 0 Å². The smallest absolute Gasteiger partial charge is 0.213 e. The van der Waals surface area contributed by atoms with Gasteiger partial charge in [0.1, 0.15) is 5.69 Å². The Bertz CT molecular complexity index is 472. The summed E-state index contributed by atoms with van der Waals surface area (Å²) in [6.45, 7) is 0. The second-order valence-electron chi connectivity index (χ2n) is 2.86. The number of ether oxygens (including phenoxy) is 1. The van der Waals surface area contributed by atoms with E-state index in [-0.39, 0.29) is 0 Å². The lowest BCUT2D eigenvalue weighted by Gasteiger charge is -2.04. The van der Waals surface area contributed by atoms with Crippen LogP contribution in [0.3, 0.4) is 0 Å². The Labute approximate surface area is 87.0 Å². The van der Waals surface area contributed by atoms with Crippen LogP contribution in [0.15, 0.2) is 30.6 Å². The van der Waals surface area contributed by atoms with Crippen LogP contribution in [0.5, 0.6) is 5.88 Å². The van der Waals surface area contributed by atoms with Crippen LogP contribution in [0.25, 0.3) is 11.4 Å². The summed E-state index contributed by atoms with van der Waals surface area (Å²) >= 11 is 0. The van der Waals surface area contributed by atoms with E-state index in [1.165, 1.54) is 0 Å². The largest absolute Gasteiger partial charge is 0.481 e. The number of methoxy groups -OCH3 is 1. The number of rotatable bonds is 2. The van der Waals surface area contributed by atoms with Crippen molar-refractivity contribution in [2.45, 2.75) is 0 Å². The number of hydrogen-bond acceptors (Lipinski definition) is 5. The lowest BCUT2D eigenvalue weighted by atomic mass is 10.2. The molecule has 0 saturated carbocycles. The van der Waals surface area contributed by atoms with Gasteiger partial charge in [-0.2, -0.15) is 0 Å². The molecular formula is C10H10N4O. The molecule has 0 amide bonds. The quantitative estimate of drug-likeness (QED) is 0.790. The predicted molar refractivity (Wildman–Crippen MR) is 56.2 cm³/mol. The number of nitrogen functional groups attached to an aromatic ring is 1. The highest BCUT2D eigenvalue weighted by Gasteiger charge is 2.06. The Balaban J connectivity index is 2.49. The second kappa shape index (κ2) is 3.91. The van der Waals surface area contributed by atoms with Crippen LogP contribution in [0.2, 0.25) is 0 Å². The van der Waals surface area contributed by atoms with E-state index in [0.29, 0.717) is 23.1 Å².